The van der Waals surface area contributed by atoms with E-state index in [0.717, 1.165) is 36.6 Å². The molecule has 0 aliphatic carbocycles. The van der Waals surface area contributed by atoms with E-state index in [4.69, 9.17) is 14.7 Å². The van der Waals surface area contributed by atoms with Crippen LogP contribution in [0.15, 0.2) is 36.5 Å². The highest BCUT2D eigenvalue weighted by molar-refractivity contribution is 5.45. The summed E-state index contributed by atoms with van der Waals surface area (Å²) in [7, 11) is 0. The minimum atomic E-state index is 0.415. The summed E-state index contributed by atoms with van der Waals surface area (Å²) in [6.45, 7) is 5.02. The molecular weight excluding hydrogens is 302 g/mol. The van der Waals surface area contributed by atoms with Crippen molar-refractivity contribution in [3.05, 3.63) is 53.3 Å². The molecule has 0 bridgehead atoms. The molecule has 124 valence electrons. The summed E-state index contributed by atoms with van der Waals surface area (Å²) in [4.78, 5) is 4.07. The first kappa shape index (κ1) is 16.3. The van der Waals surface area contributed by atoms with Crippen LogP contribution < -0.4 is 10.1 Å². The molecule has 0 amide bonds. The number of pyridine rings is 1. The van der Waals surface area contributed by atoms with Crippen molar-refractivity contribution in [2.24, 2.45) is 5.92 Å². The van der Waals surface area contributed by atoms with Crippen LogP contribution in [-0.2, 0) is 11.3 Å². The summed E-state index contributed by atoms with van der Waals surface area (Å²) < 4.78 is 11.4. The normalized spacial score (nSPS) is 16.6. The van der Waals surface area contributed by atoms with E-state index in [-0.39, 0.29) is 0 Å². The van der Waals surface area contributed by atoms with Gasteiger partial charge in [-0.25, -0.2) is 4.98 Å². The SMILES string of the molecule is Cc1ccc(CNc2ccc(C#N)nc2)c(OC[C@H]2CCOC2)c1. The average molecular weight is 323 g/mol. The molecule has 0 radical (unpaired) electrons. The number of anilines is 1. The molecule has 2 aromatic rings. The van der Waals surface area contributed by atoms with Crippen LogP contribution in [0.5, 0.6) is 5.75 Å². The third-order valence-electron chi connectivity index (χ3n) is 4.08. The molecule has 5 heteroatoms. The van der Waals surface area contributed by atoms with Crippen molar-refractivity contribution in [2.75, 3.05) is 25.1 Å². The lowest BCUT2D eigenvalue weighted by Gasteiger charge is -2.15. The number of hydrogen-bond acceptors (Lipinski definition) is 5. The van der Waals surface area contributed by atoms with Gasteiger partial charge in [-0.2, -0.15) is 5.26 Å². The van der Waals surface area contributed by atoms with Gasteiger partial charge in [0, 0.05) is 24.6 Å². The lowest BCUT2D eigenvalue weighted by Crippen LogP contribution is -2.13. The second-order valence-corrected chi connectivity index (χ2v) is 6.05. The number of nitrogens with one attached hydrogen (secondary N) is 1. The van der Waals surface area contributed by atoms with Crippen molar-refractivity contribution in [1.29, 1.82) is 5.26 Å². The Labute approximate surface area is 142 Å². The number of nitrogens with zero attached hydrogens (tertiary/aromatic N) is 2. The zero-order chi connectivity index (χ0) is 16.8. The van der Waals surface area contributed by atoms with Crippen molar-refractivity contribution in [3.8, 4) is 11.8 Å². The van der Waals surface area contributed by atoms with E-state index in [1.807, 2.05) is 12.1 Å². The first-order chi connectivity index (χ1) is 11.7. The van der Waals surface area contributed by atoms with E-state index >= 15 is 0 Å². The van der Waals surface area contributed by atoms with Gasteiger partial charge in [0.2, 0.25) is 0 Å². The van der Waals surface area contributed by atoms with Gasteiger partial charge in [-0.1, -0.05) is 12.1 Å². The first-order valence-corrected chi connectivity index (χ1v) is 8.14. The Bertz CT molecular complexity index is 716. The monoisotopic (exact) mass is 323 g/mol. The Balaban J connectivity index is 1.64. The summed E-state index contributed by atoms with van der Waals surface area (Å²) in [6.07, 6.45) is 2.74. The van der Waals surface area contributed by atoms with Crippen LogP contribution in [0.2, 0.25) is 0 Å². The van der Waals surface area contributed by atoms with Crippen LogP contribution in [-0.4, -0.2) is 24.8 Å². The minimum absolute atomic E-state index is 0.415. The van der Waals surface area contributed by atoms with Crippen LogP contribution >= 0.6 is 0 Å². The molecule has 1 aromatic carbocycles. The minimum Gasteiger partial charge on any atom is -0.493 e. The molecule has 1 aromatic heterocycles. The van der Waals surface area contributed by atoms with E-state index in [1.165, 1.54) is 5.56 Å². The van der Waals surface area contributed by atoms with Crippen molar-refractivity contribution in [3.63, 3.8) is 0 Å². The molecule has 0 spiro atoms. The Hall–Kier alpha value is -2.58. The fourth-order valence-corrected chi connectivity index (χ4v) is 2.63. The van der Waals surface area contributed by atoms with Gasteiger partial charge in [-0.05, 0) is 37.1 Å². The van der Waals surface area contributed by atoms with Gasteiger partial charge in [-0.15, -0.1) is 0 Å². The lowest BCUT2D eigenvalue weighted by molar-refractivity contribution is 0.167. The fourth-order valence-electron chi connectivity index (χ4n) is 2.63. The van der Waals surface area contributed by atoms with Gasteiger partial charge in [0.15, 0.2) is 0 Å². The average Bonchev–Trinajstić information content (AvgIpc) is 3.13. The third kappa shape index (κ3) is 4.24. The molecule has 0 unspecified atom stereocenters. The van der Waals surface area contributed by atoms with E-state index < -0.39 is 0 Å². The number of hydrogen-bond donors (Lipinski definition) is 1. The second-order valence-electron chi connectivity index (χ2n) is 6.05. The van der Waals surface area contributed by atoms with Gasteiger partial charge >= 0.3 is 0 Å². The topological polar surface area (TPSA) is 67.2 Å². The number of benzene rings is 1. The molecule has 5 nitrogen and oxygen atoms in total. The van der Waals surface area contributed by atoms with E-state index in [0.29, 0.717) is 24.8 Å². The summed E-state index contributed by atoms with van der Waals surface area (Å²) in [5, 5.41) is 12.1. The number of aryl methyl sites for hydroxylation is 1. The van der Waals surface area contributed by atoms with Crippen LogP contribution in [0.4, 0.5) is 5.69 Å². The number of rotatable bonds is 6. The maximum absolute atomic E-state index is 8.79. The molecule has 1 aliphatic rings. The molecule has 1 fully saturated rings. The van der Waals surface area contributed by atoms with Crippen LogP contribution in [0.1, 0.15) is 23.2 Å². The molecular formula is C19H21N3O2. The van der Waals surface area contributed by atoms with Crippen molar-refractivity contribution < 1.29 is 9.47 Å². The Morgan fingerprint density at radius 1 is 1.38 bits per heavy atom. The Morgan fingerprint density at radius 3 is 3.00 bits per heavy atom. The number of nitriles is 1. The van der Waals surface area contributed by atoms with Gasteiger partial charge in [-0.3, -0.25) is 0 Å². The second kappa shape index (κ2) is 7.80. The van der Waals surface area contributed by atoms with Gasteiger partial charge in [0.1, 0.15) is 17.5 Å². The van der Waals surface area contributed by atoms with Gasteiger partial charge in [0.25, 0.3) is 0 Å². The van der Waals surface area contributed by atoms with E-state index in [1.54, 1.807) is 12.3 Å². The summed E-state index contributed by atoms with van der Waals surface area (Å²) in [5.41, 5.74) is 3.57. The number of ether oxygens (including phenoxy) is 2. The van der Waals surface area contributed by atoms with E-state index in [9.17, 15) is 0 Å². The van der Waals surface area contributed by atoms with Crippen LogP contribution in [0, 0.1) is 24.2 Å². The van der Waals surface area contributed by atoms with Crippen LogP contribution in [0.3, 0.4) is 0 Å². The highest BCUT2D eigenvalue weighted by atomic mass is 16.5. The maximum atomic E-state index is 8.79. The predicted molar refractivity (Wildman–Crippen MR) is 91.9 cm³/mol. The zero-order valence-corrected chi connectivity index (χ0v) is 13.8. The van der Waals surface area contributed by atoms with Gasteiger partial charge < -0.3 is 14.8 Å². The molecule has 1 saturated heterocycles. The highest BCUT2D eigenvalue weighted by Gasteiger charge is 2.17. The molecule has 3 rings (SSSR count). The largest absolute Gasteiger partial charge is 0.493 e. The zero-order valence-electron chi connectivity index (χ0n) is 13.8. The lowest BCUT2D eigenvalue weighted by atomic mass is 10.1. The highest BCUT2D eigenvalue weighted by Crippen LogP contribution is 2.23. The smallest absolute Gasteiger partial charge is 0.140 e. The Morgan fingerprint density at radius 2 is 2.29 bits per heavy atom. The standard InChI is InChI=1S/C19H21N3O2/c1-14-2-3-16(10-21-18-5-4-17(9-20)22-11-18)19(8-14)24-13-15-6-7-23-12-15/h2-5,8,11,15,21H,6-7,10,12-13H2,1H3/t15-/m0/s1. The number of aromatic nitrogens is 1. The summed E-state index contributed by atoms with van der Waals surface area (Å²) in [5.74, 6) is 1.39. The molecule has 1 atom stereocenters. The maximum Gasteiger partial charge on any atom is 0.140 e. The molecule has 24 heavy (non-hydrogen) atoms. The van der Waals surface area contributed by atoms with E-state index in [2.05, 4.69) is 35.4 Å². The summed E-state index contributed by atoms with van der Waals surface area (Å²) >= 11 is 0. The van der Waals surface area contributed by atoms with Crippen molar-refractivity contribution >= 4 is 5.69 Å². The molecule has 0 saturated carbocycles. The molecule has 2 heterocycles. The van der Waals surface area contributed by atoms with Crippen molar-refractivity contribution in [2.45, 2.75) is 19.9 Å². The molecule has 1 aliphatic heterocycles. The fraction of sp³-hybridized carbons (Fsp3) is 0.368. The summed E-state index contributed by atoms with van der Waals surface area (Å²) in [6, 6.07) is 11.8. The van der Waals surface area contributed by atoms with Crippen molar-refractivity contribution in [1.82, 2.24) is 4.98 Å². The van der Waals surface area contributed by atoms with Crippen LogP contribution in [0.25, 0.3) is 0 Å². The quantitative estimate of drug-likeness (QED) is 0.883. The first-order valence-electron chi connectivity index (χ1n) is 8.14. The molecule has 1 N–H and O–H groups in total. The Kier molecular flexibility index (Phi) is 5.29. The third-order valence-corrected chi connectivity index (χ3v) is 4.08. The predicted octanol–water partition coefficient (Wildman–Crippen LogP) is 3.29. The van der Waals surface area contributed by atoms with Gasteiger partial charge in [0.05, 0.1) is 25.1 Å².